The first-order valence-corrected chi connectivity index (χ1v) is 15.0. The van der Waals surface area contributed by atoms with E-state index in [-0.39, 0.29) is 5.39 Å². The Labute approximate surface area is 213 Å². The SMILES string of the molecule is O=c1c2cc(-c3cccnc3)ccc2ccn1[C@@H]1O[C@H](COP(=O)(O)OP(=O)(O)OP(=O)(O)O)[C@@H](O)[C@H]1O. The minimum atomic E-state index is -5.74. The van der Waals surface area contributed by atoms with Crippen LogP contribution in [0.5, 0.6) is 0 Å². The Morgan fingerprint density at radius 3 is 2.34 bits per heavy atom. The standard InChI is InChI=1S/C19H21N2O14P3/c22-16-15(10-32-37(28,29)35-38(30,31)34-36(25,26)27)33-19(17(16)23)21-7-5-11-3-4-12(8-14(11)18(21)24)13-2-1-6-20-9-13/h1-9,15-17,19,22-23H,10H2,(H,28,29)(H,30,31)(H2,25,26,27)/t15-,16-,17-,19-/m1/s1. The normalized spacial score (nSPS) is 25.2. The molecule has 3 heterocycles. The smallest absolute Gasteiger partial charge is 0.387 e. The highest BCUT2D eigenvalue weighted by molar-refractivity contribution is 7.66. The van der Waals surface area contributed by atoms with Gasteiger partial charge in [0.25, 0.3) is 5.56 Å². The van der Waals surface area contributed by atoms with Crippen molar-refractivity contribution in [3.63, 3.8) is 0 Å². The van der Waals surface area contributed by atoms with E-state index in [2.05, 4.69) is 18.1 Å². The lowest BCUT2D eigenvalue weighted by Crippen LogP contribution is -2.35. The molecule has 6 N–H and O–H groups in total. The number of fused-ring (bicyclic) bond motifs is 1. The molecule has 1 aromatic carbocycles. The Bertz CT molecular complexity index is 1530. The molecule has 0 radical (unpaired) electrons. The number of rotatable bonds is 9. The summed E-state index contributed by atoms with van der Waals surface area (Å²) in [4.78, 5) is 53.3. The van der Waals surface area contributed by atoms with Crippen molar-refractivity contribution < 1.29 is 61.4 Å². The fourth-order valence-corrected chi connectivity index (χ4v) is 6.77. The number of benzene rings is 1. The molecule has 0 saturated carbocycles. The molecule has 0 bridgehead atoms. The van der Waals surface area contributed by atoms with Crippen molar-refractivity contribution in [2.45, 2.75) is 24.5 Å². The summed E-state index contributed by atoms with van der Waals surface area (Å²) in [5.74, 6) is 0. The number of pyridine rings is 2. The van der Waals surface area contributed by atoms with E-state index in [4.69, 9.17) is 14.5 Å². The average molecular weight is 594 g/mol. The Morgan fingerprint density at radius 1 is 0.947 bits per heavy atom. The molecular formula is C19H21N2O14P3. The maximum Gasteiger partial charge on any atom is 0.490 e. The number of ether oxygens (including phenoxy) is 1. The van der Waals surface area contributed by atoms with Crippen molar-refractivity contribution >= 4 is 34.2 Å². The van der Waals surface area contributed by atoms with Crippen molar-refractivity contribution in [3.05, 3.63) is 65.3 Å². The number of nitrogens with zero attached hydrogens (tertiary/aromatic N) is 2. The lowest BCUT2D eigenvalue weighted by Gasteiger charge is -2.19. The van der Waals surface area contributed by atoms with Gasteiger partial charge in [0.15, 0.2) is 6.23 Å². The van der Waals surface area contributed by atoms with Gasteiger partial charge in [-0.2, -0.15) is 8.62 Å². The monoisotopic (exact) mass is 594 g/mol. The van der Waals surface area contributed by atoms with Crippen LogP contribution in [0.1, 0.15) is 6.23 Å². The lowest BCUT2D eigenvalue weighted by molar-refractivity contribution is -0.0533. The molecule has 6 atom stereocenters. The van der Waals surface area contributed by atoms with Gasteiger partial charge < -0.3 is 34.5 Å². The quantitative estimate of drug-likeness (QED) is 0.189. The Hall–Kier alpha value is -2.13. The van der Waals surface area contributed by atoms with E-state index >= 15 is 0 Å². The fraction of sp³-hybridized carbons (Fsp3) is 0.263. The van der Waals surface area contributed by atoms with Gasteiger partial charge in [0.2, 0.25) is 0 Å². The van der Waals surface area contributed by atoms with Crippen molar-refractivity contribution in [2.24, 2.45) is 0 Å². The molecule has 2 aromatic heterocycles. The molecule has 4 rings (SSSR count). The van der Waals surface area contributed by atoms with E-state index in [1.54, 1.807) is 48.8 Å². The summed E-state index contributed by atoms with van der Waals surface area (Å²) in [5.41, 5.74) is 0.864. The molecule has 0 amide bonds. The second-order valence-electron chi connectivity index (χ2n) is 8.00. The Morgan fingerprint density at radius 2 is 1.68 bits per heavy atom. The topological polar surface area (TPSA) is 244 Å². The van der Waals surface area contributed by atoms with Crippen LogP contribution in [0.25, 0.3) is 21.9 Å². The summed E-state index contributed by atoms with van der Waals surface area (Å²) in [6.45, 7) is -1.01. The number of phosphoric acid groups is 3. The first kappa shape index (κ1) is 28.9. The third-order valence-electron chi connectivity index (χ3n) is 5.36. The van der Waals surface area contributed by atoms with Gasteiger partial charge in [-0.05, 0) is 29.1 Å². The van der Waals surface area contributed by atoms with Crippen LogP contribution in [0.15, 0.2) is 59.8 Å². The summed E-state index contributed by atoms with van der Waals surface area (Å²) >= 11 is 0. The van der Waals surface area contributed by atoms with Gasteiger partial charge in [-0.1, -0.05) is 18.2 Å². The maximum atomic E-state index is 13.2. The maximum absolute atomic E-state index is 13.2. The van der Waals surface area contributed by atoms with Crippen molar-refractivity contribution in [1.82, 2.24) is 9.55 Å². The zero-order chi connectivity index (χ0) is 27.9. The Kier molecular flexibility index (Phi) is 8.20. The van der Waals surface area contributed by atoms with Gasteiger partial charge in [0.05, 0.1) is 6.61 Å². The molecule has 206 valence electrons. The van der Waals surface area contributed by atoms with Crippen LogP contribution in [-0.4, -0.2) is 64.3 Å². The highest BCUT2D eigenvalue weighted by Crippen LogP contribution is 2.66. The average Bonchev–Trinajstić information content (AvgIpc) is 3.10. The summed E-state index contributed by atoms with van der Waals surface area (Å²) in [5, 5.41) is 21.7. The van der Waals surface area contributed by atoms with Gasteiger partial charge in [-0.25, -0.2) is 13.7 Å². The molecule has 3 aromatic rings. The lowest BCUT2D eigenvalue weighted by atomic mass is 10.0. The van der Waals surface area contributed by atoms with Gasteiger partial charge in [-0.3, -0.25) is 18.9 Å². The highest BCUT2D eigenvalue weighted by Gasteiger charge is 2.46. The molecule has 0 spiro atoms. The molecular weight excluding hydrogens is 573 g/mol. The molecule has 16 nitrogen and oxygen atoms in total. The first-order chi connectivity index (χ1) is 17.7. The van der Waals surface area contributed by atoms with Crippen molar-refractivity contribution in [1.29, 1.82) is 0 Å². The van der Waals surface area contributed by atoms with E-state index in [9.17, 15) is 38.5 Å². The fourth-order valence-electron chi connectivity index (χ4n) is 3.74. The summed E-state index contributed by atoms with van der Waals surface area (Å²) < 4.78 is 52.3. The van der Waals surface area contributed by atoms with E-state index in [0.29, 0.717) is 10.9 Å². The van der Waals surface area contributed by atoms with E-state index in [1.165, 1.54) is 6.20 Å². The van der Waals surface area contributed by atoms with Crippen LogP contribution in [-0.2, 0) is 31.6 Å². The molecule has 19 heteroatoms. The molecule has 1 aliphatic heterocycles. The summed E-state index contributed by atoms with van der Waals surface area (Å²) in [6.07, 6.45) is -1.92. The number of aromatic nitrogens is 2. The van der Waals surface area contributed by atoms with Crippen LogP contribution in [0.4, 0.5) is 0 Å². The van der Waals surface area contributed by atoms with E-state index in [0.717, 1.165) is 10.1 Å². The number of aliphatic hydroxyl groups excluding tert-OH is 2. The molecule has 1 aliphatic rings. The van der Waals surface area contributed by atoms with Crippen LogP contribution < -0.4 is 5.56 Å². The van der Waals surface area contributed by atoms with Crippen molar-refractivity contribution in [3.8, 4) is 11.1 Å². The van der Waals surface area contributed by atoms with Crippen LogP contribution >= 0.6 is 23.5 Å². The minimum absolute atomic E-state index is 0.260. The predicted octanol–water partition coefficient (Wildman–Crippen LogP) is 1.03. The third kappa shape index (κ3) is 6.71. The van der Waals surface area contributed by atoms with E-state index < -0.39 is 60.2 Å². The summed E-state index contributed by atoms with van der Waals surface area (Å²) in [7, 11) is -16.8. The van der Waals surface area contributed by atoms with Crippen LogP contribution in [0, 0.1) is 0 Å². The summed E-state index contributed by atoms with van der Waals surface area (Å²) in [6, 6.07) is 10.2. The second-order valence-corrected chi connectivity index (χ2v) is 12.4. The molecule has 2 unspecified atom stereocenters. The third-order valence-corrected chi connectivity index (χ3v) is 9.16. The minimum Gasteiger partial charge on any atom is -0.387 e. The van der Waals surface area contributed by atoms with Gasteiger partial charge >= 0.3 is 23.5 Å². The van der Waals surface area contributed by atoms with Gasteiger partial charge in [0.1, 0.15) is 18.3 Å². The highest BCUT2D eigenvalue weighted by atomic mass is 31.3. The number of aliphatic hydroxyl groups is 2. The van der Waals surface area contributed by atoms with Crippen molar-refractivity contribution in [2.75, 3.05) is 6.61 Å². The molecule has 1 saturated heterocycles. The van der Waals surface area contributed by atoms with Gasteiger partial charge in [0, 0.05) is 29.5 Å². The number of phosphoric ester groups is 1. The number of hydrogen-bond donors (Lipinski definition) is 6. The predicted molar refractivity (Wildman–Crippen MR) is 127 cm³/mol. The van der Waals surface area contributed by atoms with E-state index in [1.807, 2.05) is 0 Å². The molecule has 38 heavy (non-hydrogen) atoms. The van der Waals surface area contributed by atoms with Gasteiger partial charge in [-0.15, -0.1) is 0 Å². The zero-order valence-electron chi connectivity index (χ0n) is 18.9. The van der Waals surface area contributed by atoms with Crippen LogP contribution in [0.3, 0.4) is 0 Å². The second kappa shape index (κ2) is 10.8. The zero-order valence-corrected chi connectivity index (χ0v) is 21.6. The number of hydrogen-bond acceptors (Lipinski definition) is 11. The van der Waals surface area contributed by atoms with Crippen LogP contribution in [0.2, 0.25) is 0 Å². The molecule has 0 aliphatic carbocycles. The Balaban J connectivity index is 1.52. The first-order valence-electron chi connectivity index (χ1n) is 10.5. The molecule has 1 fully saturated rings. The largest absolute Gasteiger partial charge is 0.490 e.